The smallest absolute Gasteiger partial charge is 0.227 e. The van der Waals surface area contributed by atoms with Gasteiger partial charge in [-0.05, 0) is 35.7 Å². The van der Waals surface area contributed by atoms with E-state index in [1.807, 2.05) is 61.5 Å². The van der Waals surface area contributed by atoms with Crippen LogP contribution >= 0.6 is 0 Å². The van der Waals surface area contributed by atoms with Crippen LogP contribution in [0.15, 0.2) is 71.5 Å². The van der Waals surface area contributed by atoms with Crippen molar-refractivity contribution in [2.75, 3.05) is 0 Å². The van der Waals surface area contributed by atoms with Crippen LogP contribution in [-0.4, -0.2) is 10.9 Å². The van der Waals surface area contributed by atoms with Gasteiger partial charge in [-0.3, -0.25) is 9.78 Å². The van der Waals surface area contributed by atoms with Crippen molar-refractivity contribution in [3.8, 4) is 11.5 Å². The molecule has 3 rings (SSSR count). The molecule has 2 heterocycles. The molecule has 0 fully saturated rings. The zero-order chi connectivity index (χ0) is 16.8. The van der Waals surface area contributed by atoms with Crippen LogP contribution in [0.3, 0.4) is 0 Å². The van der Waals surface area contributed by atoms with Gasteiger partial charge in [-0.2, -0.15) is 0 Å². The maximum Gasteiger partial charge on any atom is 0.227 e. The van der Waals surface area contributed by atoms with Gasteiger partial charge in [-0.15, -0.1) is 0 Å². The Morgan fingerprint density at radius 3 is 2.58 bits per heavy atom. The van der Waals surface area contributed by atoms with Gasteiger partial charge in [-0.1, -0.05) is 43.3 Å². The van der Waals surface area contributed by atoms with Crippen molar-refractivity contribution in [1.29, 1.82) is 0 Å². The standard InChI is InChI=1S/C20H20N2O2/c1-2-17(16-7-4-3-5-8-16)20(23)22-14-15-10-11-18(21-13-15)19-9-6-12-24-19/h3-13,17H,2,14H2,1H3,(H,22,23). The highest BCUT2D eigenvalue weighted by atomic mass is 16.3. The van der Waals surface area contributed by atoms with Crippen molar-refractivity contribution in [1.82, 2.24) is 10.3 Å². The summed E-state index contributed by atoms with van der Waals surface area (Å²) in [5.74, 6) is 0.654. The normalized spacial score (nSPS) is 11.9. The summed E-state index contributed by atoms with van der Waals surface area (Å²) in [6.45, 7) is 2.49. The summed E-state index contributed by atoms with van der Waals surface area (Å²) in [4.78, 5) is 16.8. The molecule has 0 aliphatic carbocycles. The van der Waals surface area contributed by atoms with Gasteiger partial charge >= 0.3 is 0 Å². The molecule has 0 bridgehead atoms. The van der Waals surface area contributed by atoms with Crippen LogP contribution < -0.4 is 5.32 Å². The highest BCUT2D eigenvalue weighted by Crippen LogP contribution is 2.20. The second-order valence-electron chi connectivity index (χ2n) is 5.62. The van der Waals surface area contributed by atoms with E-state index in [-0.39, 0.29) is 11.8 Å². The second-order valence-corrected chi connectivity index (χ2v) is 5.62. The first-order valence-electron chi connectivity index (χ1n) is 8.09. The molecule has 1 unspecified atom stereocenters. The largest absolute Gasteiger partial charge is 0.463 e. The fourth-order valence-electron chi connectivity index (χ4n) is 2.67. The predicted molar refractivity (Wildman–Crippen MR) is 93.3 cm³/mol. The Morgan fingerprint density at radius 2 is 1.96 bits per heavy atom. The van der Waals surface area contributed by atoms with E-state index in [1.165, 1.54) is 0 Å². The summed E-state index contributed by atoms with van der Waals surface area (Å²) >= 11 is 0. The molecule has 0 saturated carbocycles. The molecular weight excluding hydrogens is 300 g/mol. The second kappa shape index (κ2) is 7.59. The third-order valence-electron chi connectivity index (χ3n) is 3.99. The van der Waals surface area contributed by atoms with Gasteiger partial charge in [0.15, 0.2) is 5.76 Å². The van der Waals surface area contributed by atoms with Crippen LogP contribution in [0, 0.1) is 0 Å². The lowest BCUT2D eigenvalue weighted by molar-refractivity contribution is -0.122. The summed E-state index contributed by atoms with van der Waals surface area (Å²) in [6.07, 6.45) is 4.16. The molecule has 0 saturated heterocycles. The Balaban J connectivity index is 1.61. The highest BCUT2D eigenvalue weighted by molar-refractivity contribution is 5.83. The molecule has 1 amide bonds. The molecular formula is C20H20N2O2. The van der Waals surface area contributed by atoms with Crippen LogP contribution in [0.4, 0.5) is 0 Å². The molecule has 0 aliphatic heterocycles. The number of nitrogens with zero attached hydrogens (tertiary/aromatic N) is 1. The van der Waals surface area contributed by atoms with Gasteiger partial charge in [0.05, 0.1) is 12.2 Å². The molecule has 0 radical (unpaired) electrons. The molecule has 0 spiro atoms. The van der Waals surface area contributed by atoms with E-state index in [0.717, 1.165) is 29.0 Å². The first-order chi connectivity index (χ1) is 11.8. The van der Waals surface area contributed by atoms with Crippen LogP contribution in [0.25, 0.3) is 11.5 Å². The third kappa shape index (κ3) is 3.71. The number of hydrogen-bond acceptors (Lipinski definition) is 3. The summed E-state index contributed by atoms with van der Waals surface area (Å²) in [6, 6.07) is 17.4. The molecule has 1 atom stereocenters. The molecule has 122 valence electrons. The fraction of sp³-hybridized carbons (Fsp3) is 0.200. The van der Waals surface area contributed by atoms with Crippen LogP contribution in [0.5, 0.6) is 0 Å². The number of furan rings is 1. The number of amides is 1. The zero-order valence-corrected chi connectivity index (χ0v) is 13.6. The van der Waals surface area contributed by atoms with E-state index < -0.39 is 0 Å². The Kier molecular flexibility index (Phi) is 5.06. The lowest BCUT2D eigenvalue weighted by Crippen LogP contribution is -2.28. The minimum absolute atomic E-state index is 0.0406. The van der Waals surface area contributed by atoms with E-state index in [0.29, 0.717) is 6.54 Å². The number of nitrogens with one attached hydrogen (secondary N) is 1. The average Bonchev–Trinajstić information content (AvgIpc) is 3.17. The summed E-state index contributed by atoms with van der Waals surface area (Å²) in [5.41, 5.74) is 2.79. The van der Waals surface area contributed by atoms with Gasteiger partial charge in [0.2, 0.25) is 5.91 Å². The zero-order valence-electron chi connectivity index (χ0n) is 13.6. The van der Waals surface area contributed by atoms with Crippen molar-refractivity contribution in [2.24, 2.45) is 0 Å². The average molecular weight is 320 g/mol. The SMILES string of the molecule is CCC(C(=O)NCc1ccc(-c2ccco2)nc1)c1ccccc1. The minimum atomic E-state index is -0.124. The highest BCUT2D eigenvalue weighted by Gasteiger charge is 2.17. The predicted octanol–water partition coefficient (Wildman–Crippen LogP) is 4.15. The molecule has 24 heavy (non-hydrogen) atoms. The third-order valence-corrected chi connectivity index (χ3v) is 3.99. The first-order valence-corrected chi connectivity index (χ1v) is 8.09. The van der Waals surface area contributed by atoms with Crippen molar-refractivity contribution in [3.63, 3.8) is 0 Å². The lowest BCUT2D eigenvalue weighted by atomic mass is 9.95. The van der Waals surface area contributed by atoms with Gasteiger partial charge in [0.1, 0.15) is 5.69 Å². The van der Waals surface area contributed by atoms with E-state index in [2.05, 4.69) is 10.3 Å². The Morgan fingerprint density at radius 1 is 1.12 bits per heavy atom. The molecule has 1 N–H and O–H groups in total. The van der Waals surface area contributed by atoms with Crippen LogP contribution in [-0.2, 0) is 11.3 Å². The van der Waals surface area contributed by atoms with E-state index in [9.17, 15) is 4.79 Å². The van der Waals surface area contributed by atoms with E-state index in [1.54, 1.807) is 12.5 Å². The Hall–Kier alpha value is -2.88. The monoisotopic (exact) mass is 320 g/mol. The van der Waals surface area contributed by atoms with Gasteiger partial charge < -0.3 is 9.73 Å². The number of benzene rings is 1. The summed E-state index contributed by atoms with van der Waals surface area (Å²) < 4.78 is 5.32. The van der Waals surface area contributed by atoms with Crippen molar-refractivity contribution in [3.05, 3.63) is 78.2 Å². The fourth-order valence-corrected chi connectivity index (χ4v) is 2.67. The Bertz CT molecular complexity index is 765. The Labute approximate surface area is 141 Å². The van der Waals surface area contributed by atoms with Crippen LogP contribution in [0.2, 0.25) is 0 Å². The van der Waals surface area contributed by atoms with Crippen molar-refractivity contribution < 1.29 is 9.21 Å². The van der Waals surface area contributed by atoms with Gasteiger partial charge in [-0.25, -0.2) is 0 Å². The van der Waals surface area contributed by atoms with Crippen LogP contribution in [0.1, 0.15) is 30.4 Å². The number of pyridine rings is 1. The molecule has 4 nitrogen and oxygen atoms in total. The van der Waals surface area contributed by atoms with Crippen molar-refractivity contribution >= 4 is 5.91 Å². The number of carbonyl (C=O) groups excluding carboxylic acids is 1. The molecule has 1 aromatic carbocycles. The summed E-state index contributed by atoms with van der Waals surface area (Å²) in [5, 5.41) is 3.00. The van der Waals surface area contributed by atoms with Gasteiger partial charge in [0.25, 0.3) is 0 Å². The first kappa shape index (κ1) is 16.0. The number of carbonyl (C=O) groups is 1. The quantitative estimate of drug-likeness (QED) is 0.742. The lowest BCUT2D eigenvalue weighted by Gasteiger charge is -2.15. The topological polar surface area (TPSA) is 55.1 Å². The minimum Gasteiger partial charge on any atom is -0.463 e. The maximum atomic E-state index is 12.5. The van der Waals surface area contributed by atoms with Crippen molar-refractivity contribution in [2.45, 2.75) is 25.8 Å². The van der Waals surface area contributed by atoms with E-state index >= 15 is 0 Å². The molecule has 0 aliphatic rings. The molecule has 2 aromatic heterocycles. The van der Waals surface area contributed by atoms with E-state index in [4.69, 9.17) is 4.42 Å². The maximum absolute atomic E-state index is 12.5. The number of aromatic nitrogens is 1. The number of hydrogen-bond donors (Lipinski definition) is 1. The van der Waals surface area contributed by atoms with Gasteiger partial charge in [0, 0.05) is 12.7 Å². The number of rotatable bonds is 6. The molecule has 3 aromatic rings. The summed E-state index contributed by atoms with van der Waals surface area (Å²) in [7, 11) is 0. The molecule has 4 heteroatoms.